The molecule has 15 heavy (non-hydrogen) atoms. The van der Waals surface area contributed by atoms with Crippen molar-refractivity contribution in [1.29, 1.82) is 0 Å². The number of ether oxygens (including phenoxy) is 1. The highest BCUT2D eigenvalue weighted by molar-refractivity contribution is 5.80. The summed E-state index contributed by atoms with van der Waals surface area (Å²) in [5, 5.41) is 3.40. The van der Waals surface area contributed by atoms with Gasteiger partial charge in [-0.2, -0.15) is 0 Å². The molecule has 0 aromatic carbocycles. The first-order chi connectivity index (χ1) is 6.98. The molecule has 1 atom stereocenters. The number of nitrogens with one attached hydrogen (secondary N) is 1. The SMILES string of the molecule is COC(=O)C(C)(CCC(C)C)NC1CC1. The summed E-state index contributed by atoms with van der Waals surface area (Å²) < 4.78 is 4.87. The van der Waals surface area contributed by atoms with Gasteiger partial charge in [0.25, 0.3) is 0 Å². The molecule has 0 amide bonds. The first-order valence-electron chi connectivity index (χ1n) is 5.84. The maximum atomic E-state index is 11.7. The highest BCUT2D eigenvalue weighted by Crippen LogP contribution is 2.26. The van der Waals surface area contributed by atoms with E-state index in [2.05, 4.69) is 19.2 Å². The second kappa shape index (κ2) is 4.97. The molecule has 0 saturated heterocycles. The van der Waals surface area contributed by atoms with Gasteiger partial charge in [0.1, 0.15) is 5.54 Å². The van der Waals surface area contributed by atoms with E-state index in [1.807, 2.05) is 6.92 Å². The molecular formula is C12H23NO2. The number of hydrogen-bond donors (Lipinski definition) is 1. The average molecular weight is 213 g/mol. The van der Waals surface area contributed by atoms with Crippen LogP contribution in [0.1, 0.15) is 46.5 Å². The van der Waals surface area contributed by atoms with E-state index in [9.17, 15) is 4.79 Å². The summed E-state index contributed by atoms with van der Waals surface area (Å²) in [6, 6.07) is 0.529. The fourth-order valence-electron chi connectivity index (χ4n) is 1.71. The molecule has 3 nitrogen and oxygen atoms in total. The highest BCUT2D eigenvalue weighted by Gasteiger charge is 2.38. The van der Waals surface area contributed by atoms with E-state index < -0.39 is 5.54 Å². The summed E-state index contributed by atoms with van der Waals surface area (Å²) >= 11 is 0. The van der Waals surface area contributed by atoms with Crippen molar-refractivity contribution in [3.8, 4) is 0 Å². The van der Waals surface area contributed by atoms with Crippen molar-refractivity contribution in [2.45, 2.75) is 58.0 Å². The van der Waals surface area contributed by atoms with Crippen LogP contribution in [-0.4, -0.2) is 24.7 Å². The van der Waals surface area contributed by atoms with Crippen LogP contribution in [0.25, 0.3) is 0 Å². The van der Waals surface area contributed by atoms with E-state index in [-0.39, 0.29) is 5.97 Å². The predicted octanol–water partition coefficient (Wildman–Crippen LogP) is 2.11. The topological polar surface area (TPSA) is 38.3 Å². The van der Waals surface area contributed by atoms with Crippen LogP contribution in [0, 0.1) is 5.92 Å². The van der Waals surface area contributed by atoms with Gasteiger partial charge in [0.15, 0.2) is 0 Å². The third kappa shape index (κ3) is 3.82. The quantitative estimate of drug-likeness (QED) is 0.687. The Kier molecular flexibility index (Phi) is 4.14. The number of methoxy groups -OCH3 is 1. The maximum absolute atomic E-state index is 11.7. The van der Waals surface area contributed by atoms with Crippen molar-refractivity contribution < 1.29 is 9.53 Å². The lowest BCUT2D eigenvalue weighted by Gasteiger charge is -2.28. The first kappa shape index (κ1) is 12.5. The van der Waals surface area contributed by atoms with Gasteiger partial charge in [-0.25, -0.2) is 0 Å². The van der Waals surface area contributed by atoms with Gasteiger partial charge in [0.05, 0.1) is 7.11 Å². The number of hydrogen-bond acceptors (Lipinski definition) is 3. The number of carbonyl (C=O) groups is 1. The lowest BCUT2D eigenvalue weighted by Crippen LogP contribution is -2.51. The third-order valence-corrected chi connectivity index (χ3v) is 2.96. The lowest BCUT2D eigenvalue weighted by atomic mass is 9.92. The molecule has 0 aliphatic heterocycles. The molecule has 1 rings (SSSR count). The fourth-order valence-corrected chi connectivity index (χ4v) is 1.71. The number of esters is 1. The Morgan fingerprint density at radius 1 is 1.53 bits per heavy atom. The van der Waals surface area contributed by atoms with E-state index in [1.165, 1.54) is 20.0 Å². The summed E-state index contributed by atoms with van der Waals surface area (Å²) in [6.45, 7) is 6.31. The summed E-state index contributed by atoms with van der Waals surface area (Å²) in [7, 11) is 1.46. The van der Waals surface area contributed by atoms with Crippen LogP contribution in [-0.2, 0) is 9.53 Å². The Morgan fingerprint density at radius 2 is 2.13 bits per heavy atom. The van der Waals surface area contributed by atoms with Crippen LogP contribution < -0.4 is 5.32 Å². The molecule has 0 radical (unpaired) electrons. The number of rotatable bonds is 6. The Morgan fingerprint density at radius 3 is 2.53 bits per heavy atom. The van der Waals surface area contributed by atoms with Crippen molar-refractivity contribution in [2.24, 2.45) is 5.92 Å². The van der Waals surface area contributed by atoms with Gasteiger partial charge in [-0.3, -0.25) is 10.1 Å². The molecule has 0 spiro atoms. The minimum absolute atomic E-state index is 0.130. The van der Waals surface area contributed by atoms with Crippen LogP contribution in [0.15, 0.2) is 0 Å². The van der Waals surface area contributed by atoms with Crippen molar-refractivity contribution in [1.82, 2.24) is 5.32 Å². The van der Waals surface area contributed by atoms with Crippen molar-refractivity contribution in [2.75, 3.05) is 7.11 Å². The van der Waals surface area contributed by atoms with Gasteiger partial charge >= 0.3 is 5.97 Å². The zero-order chi connectivity index (χ0) is 11.5. The van der Waals surface area contributed by atoms with Crippen molar-refractivity contribution in [3.63, 3.8) is 0 Å². The summed E-state index contributed by atoms with van der Waals surface area (Å²) in [5.41, 5.74) is -0.486. The number of carbonyl (C=O) groups excluding carboxylic acids is 1. The molecule has 3 heteroatoms. The van der Waals surface area contributed by atoms with Gasteiger partial charge in [0.2, 0.25) is 0 Å². The zero-order valence-corrected chi connectivity index (χ0v) is 10.3. The monoisotopic (exact) mass is 213 g/mol. The Bertz CT molecular complexity index is 224. The normalized spacial score (nSPS) is 20.1. The predicted molar refractivity (Wildman–Crippen MR) is 60.7 cm³/mol. The summed E-state index contributed by atoms with van der Waals surface area (Å²) in [4.78, 5) is 11.7. The van der Waals surface area contributed by atoms with E-state index >= 15 is 0 Å². The minimum atomic E-state index is -0.486. The Labute approximate surface area is 92.6 Å². The first-order valence-corrected chi connectivity index (χ1v) is 5.84. The second-order valence-electron chi connectivity index (χ2n) is 5.17. The standard InChI is InChI=1S/C12H23NO2/c1-9(2)7-8-12(3,11(14)15-4)13-10-5-6-10/h9-10,13H,5-8H2,1-4H3. The minimum Gasteiger partial charge on any atom is -0.468 e. The molecule has 0 aromatic rings. The Balaban J connectivity index is 2.52. The van der Waals surface area contributed by atoms with Crippen molar-refractivity contribution >= 4 is 5.97 Å². The molecule has 1 N–H and O–H groups in total. The van der Waals surface area contributed by atoms with Crippen LogP contribution >= 0.6 is 0 Å². The smallest absolute Gasteiger partial charge is 0.325 e. The van der Waals surface area contributed by atoms with Crippen molar-refractivity contribution in [3.05, 3.63) is 0 Å². The van der Waals surface area contributed by atoms with Gasteiger partial charge in [0, 0.05) is 6.04 Å². The lowest BCUT2D eigenvalue weighted by molar-refractivity contribution is -0.148. The summed E-state index contributed by atoms with van der Waals surface area (Å²) in [6.07, 6.45) is 4.28. The van der Waals surface area contributed by atoms with Gasteiger partial charge < -0.3 is 4.74 Å². The molecule has 1 fully saturated rings. The molecule has 88 valence electrons. The Hall–Kier alpha value is -0.570. The summed E-state index contributed by atoms with van der Waals surface area (Å²) in [5.74, 6) is 0.491. The maximum Gasteiger partial charge on any atom is 0.325 e. The van der Waals surface area contributed by atoms with Crippen LogP contribution in [0.5, 0.6) is 0 Å². The molecular weight excluding hydrogens is 190 g/mol. The van der Waals surface area contributed by atoms with Crippen LogP contribution in [0.3, 0.4) is 0 Å². The molecule has 0 bridgehead atoms. The molecule has 1 aliphatic rings. The van der Waals surface area contributed by atoms with E-state index in [1.54, 1.807) is 0 Å². The highest BCUT2D eigenvalue weighted by atomic mass is 16.5. The second-order valence-corrected chi connectivity index (χ2v) is 5.17. The molecule has 1 aliphatic carbocycles. The molecule has 1 unspecified atom stereocenters. The zero-order valence-electron chi connectivity index (χ0n) is 10.3. The average Bonchev–Trinajstić information content (AvgIpc) is 2.97. The van der Waals surface area contributed by atoms with Crippen LogP contribution in [0.4, 0.5) is 0 Å². The van der Waals surface area contributed by atoms with Gasteiger partial charge in [-0.05, 0) is 38.5 Å². The molecule has 0 aromatic heterocycles. The molecule has 0 heterocycles. The third-order valence-electron chi connectivity index (χ3n) is 2.96. The van der Waals surface area contributed by atoms with E-state index in [4.69, 9.17) is 4.74 Å². The van der Waals surface area contributed by atoms with Crippen LogP contribution in [0.2, 0.25) is 0 Å². The van der Waals surface area contributed by atoms with E-state index in [0.29, 0.717) is 12.0 Å². The van der Waals surface area contributed by atoms with Gasteiger partial charge in [-0.1, -0.05) is 13.8 Å². The van der Waals surface area contributed by atoms with E-state index in [0.717, 1.165) is 12.8 Å². The van der Waals surface area contributed by atoms with Gasteiger partial charge in [-0.15, -0.1) is 0 Å². The molecule has 1 saturated carbocycles. The largest absolute Gasteiger partial charge is 0.468 e. The fraction of sp³-hybridized carbons (Fsp3) is 0.917.